The zero-order valence-electron chi connectivity index (χ0n) is 28.4. The molecule has 3 aliphatic heterocycles. The molecule has 8 nitrogen and oxygen atoms in total. The van der Waals surface area contributed by atoms with Crippen LogP contribution in [-0.4, -0.2) is 64.7 Å². The van der Waals surface area contributed by atoms with Gasteiger partial charge < -0.3 is 24.5 Å². The molecule has 3 fully saturated rings. The van der Waals surface area contributed by atoms with Crippen LogP contribution in [0.1, 0.15) is 37.8 Å². The van der Waals surface area contributed by atoms with Crippen molar-refractivity contribution in [3.63, 3.8) is 0 Å². The summed E-state index contributed by atoms with van der Waals surface area (Å²) >= 11 is 0. The lowest BCUT2D eigenvalue weighted by Crippen LogP contribution is -2.57. The largest absolute Gasteiger partial charge is 0.394 e. The van der Waals surface area contributed by atoms with Gasteiger partial charge in [0.15, 0.2) is 0 Å². The Bertz CT molecular complexity index is 1930. The predicted octanol–water partition coefficient (Wildman–Crippen LogP) is 6.47. The lowest BCUT2D eigenvalue weighted by Gasteiger charge is -2.39. The van der Waals surface area contributed by atoms with Gasteiger partial charge in [-0.2, -0.15) is 0 Å². The number of anilines is 2. The van der Waals surface area contributed by atoms with Crippen LogP contribution in [0.15, 0.2) is 128 Å². The van der Waals surface area contributed by atoms with Gasteiger partial charge in [-0.15, -0.1) is 13.2 Å². The van der Waals surface area contributed by atoms with Crippen LogP contribution in [0.2, 0.25) is 0 Å². The maximum absolute atomic E-state index is 15.3. The average molecular weight is 670 g/mol. The van der Waals surface area contributed by atoms with Gasteiger partial charge in [-0.25, -0.2) is 0 Å². The Labute approximate surface area is 293 Å². The number of benzene rings is 4. The lowest BCUT2D eigenvalue weighted by molar-refractivity contribution is -0.149. The fourth-order valence-electron chi connectivity index (χ4n) is 8.85. The Hall–Kier alpha value is -5.05. The zero-order valence-corrected chi connectivity index (χ0v) is 28.4. The Balaban J connectivity index is 1.39. The van der Waals surface area contributed by atoms with Gasteiger partial charge >= 0.3 is 0 Å². The van der Waals surface area contributed by atoms with Gasteiger partial charge in [0.1, 0.15) is 11.6 Å². The monoisotopic (exact) mass is 669 g/mol. The molecule has 4 aromatic rings. The molecule has 1 N–H and O–H groups in total. The number of ether oxygens (including phenoxy) is 1. The minimum absolute atomic E-state index is 0.188. The fourth-order valence-corrected chi connectivity index (χ4v) is 8.85. The number of rotatable bonds is 12. The van der Waals surface area contributed by atoms with Gasteiger partial charge in [0.2, 0.25) is 11.8 Å². The van der Waals surface area contributed by atoms with Gasteiger partial charge in [0, 0.05) is 24.5 Å². The van der Waals surface area contributed by atoms with Crippen molar-refractivity contribution in [3.8, 4) is 0 Å². The summed E-state index contributed by atoms with van der Waals surface area (Å²) in [6, 6.07) is 30.5. The minimum Gasteiger partial charge on any atom is -0.394 e. The van der Waals surface area contributed by atoms with Crippen LogP contribution in [0.4, 0.5) is 11.4 Å². The first-order valence-electron chi connectivity index (χ1n) is 17.4. The molecular formula is C42H43N3O5. The van der Waals surface area contributed by atoms with Crippen molar-refractivity contribution in [1.82, 2.24) is 4.90 Å². The van der Waals surface area contributed by atoms with Gasteiger partial charge in [0.05, 0.1) is 30.1 Å². The summed E-state index contributed by atoms with van der Waals surface area (Å²) in [5, 5.41) is 13.0. The van der Waals surface area contributed by atoms with Crippen LogP contribution in [0.5, 0.6) is 0 Å². The molecule has 2 bridgehead atoms. The summed E-state index contributed by atoms with van der Waals surface area (Å²) < 4.78 is 7.13. The molecule has 0 radical (unpaired) electrons. The highest BCUT2D eigenvalue weighted by molar-refractivity contribution is 6.07. The van der Waals surface area contributed by atoms with Gasteiger partial charge in [-0.1, -0.05) is 97.9 Å². The first kappa shape index (κ1) is 33.4. The van der Waals surface area contributed by atoms with E-state index in [9.17, 15) is 9.90 Å². The standard InChI is InChI=1S/C42H43N3O5/c1-4-25-43(32-19-11-8-12-20-32)38(47)35-36-39(48)45(34(28-46)30-16-9-7-10-17-30)37(42(36)24-23-41(35,6-3)50-42)40(49)44(26-5-2)33-22-21-29-15-13-14-18-31(29)27-33/h4-5,7-22,27,34-37,46H,1-2,6,23-26,28H2,3H3/t34-,35-,36+,37?,41+,42?/m1/s1. The van der Waals surface area contributed by atoms with E-state index >= 15 is 9.59 Å². The number of nitrogens with zero attached hydrogens (tertiary/aromatic N) is 3. The summed E-state index contributed by atoms with van der Waals surface area (Å²) in [6.07, 6.45) is 4.79. The first-order chi connectivity index (χ1) is 24.3. The molecule has 3 amide bonds. The number of carbonyl (C=O) groups is 3. The molecule has 1 spiro atoms. The molecule has 0 aliphatic carbocycles. The average Bonchev–Trinajstić information content (AvgIpc) is 3.77. The van der Waals surface area contributed by atoms with Crippen molar-refractivity contribution < 1.29 is 24.2 Å². The Morgan fingerprint density at radius 1 is 0.860 bits per heavy atom. The van der Waals surface area contributed by atoms with E-state index in [-0.39, 0.29) is 30.8 Å². The highest BCUT2D eigenvalue weighted by Gasteiger charge is 2.79. The van der Waals surface area contributed by atoms with E-state index < -0.39 is 41.7 Å². The number of aliphatic hydroxyl groups excluding tert-OH is 1. The number of hydrogen-bond donors (Lipinski definition) is 1. The predicted molar refractivity (Wildman–Crippen MR) is 195 cm³/mol. The molecule has 8 heteroatoms. The Morgan fingerprint density at radius 2 is 1.48 bits per heavy atom. The second-order valence-electron chi connectivity index (χ2n) is 13.5. The molecule has 2 unspecified atom stereocenters. The molecule has 7 rings (SSSR count). The second kappa shape index (κ2) is 13.3. The fraction of sp³-hybridized carbons (Fsp3) is 0.310. The zero-order chi connectivity index (χ0) is 35.0. The van der Waals surface area contributed by atoms with Crippen molar-refractivity contribution in [2.45, 2.75) is 49.5 Å². The number of carbonyl (C=O) groups excluding carboxylic acids is 3. The van der Waals surface area contributed by atoms with Crippen molar-refractivity contribution in [2.75, 3.05) is 29.5 Å². The first-order valence-corrected chi connectivity index (χ1v) is 17.4. The Morgan fingerprint density at radius 3 is 2.12 bits per heavy atom. The number of fused-ring (bicyclic) bond motifs is 2. The Kier molecular flexibility index (Phi) is 8.93. The number of likely N-dealkylation sites (tertiary alicyclic amines) is 1. The van der Waals surface area contributed by atoms with E-state index in [0.717, 1.165) is 10.8 Å². The van der Waals surface area contributed by atoms with Crippen molar-refractivity contribution >= 4 is 39.9 Å². The third kappa shape index (κ3) is 5.17. The molecule has 6 atom stereocenters. The summed E-state index contributed by atoms with van der Waals surface area (Å²) in [5.41, 5.74) is -0.184. The molecule has 0 aromatic heterocycles. The second-order valence-corrected chi connectivity index (χ2v) is 13.5. The number of hydrogen-bond acceptors (Lipinski definition) is 5. The van der Waals surface area contributed by atoms with E-state index in [0.29, 0.717) is 36.2 Å². The van der Waals surface area contributed by atoms with E-state index in [1.165, 1.54) is 4.90 Å². The number of amides is 3. The summed E-state index contributed by atoms with van der Waals surface area (Å²) in [4.78, 5) is 50.3. The van der Waals surface area contributed by atoms with Crippen molar-refractivity contribution in [1.29, 1.82) is 0 Å². The highest BCUT2D eigenvalue weighted by atomic mass is 16.5. The molecule has 3 aliphatic rings. The minimum atomic E-state index is -1.29. The summed E-state index contributed by atoms with van der Waals surface area (Å²) in [7, 11) is 0. The SMILES string of the molecule is C=CCN(C(=O)C1N([C@H](CO)c2ccccc2)C(=O)[C@@H]2[C@H](C(=O)N(CC=C)c3ccccc3)[C@]3(CC)CCC12O3)c1ccc2ccccc2c1. The summed E-state index contributed by atoms with van der Waals surface area (Å²) in [5.74, 6) is -2.71. The normalized spacial score (nSPS) is 25.7. The molecule has 3 saturated heterocycles. The molecule has 4 aromatic carbocycles. The number of aliphatic hydroxyl groups is 1. The van der Waals surface area contributed by atoms with Gasteiger partial charge in [-0.3, -0.25) is 14.4 Å². The van der Waals surface area contributed by atoms with Crippen LogP contribution in [0, 0.1) is 11.8 Å². The maximum Gasteiger partial charge on any atom is 0.253 e. The molecule has 3 heterocycles. The van der Waals surface area contributed by atoms with E-state index in [2.05, 4.69) is 13.2 Å². The maximum atomic E-state index is 15.3. The van der Waals surface area contributed by atoms with Crippen molar-refractivity contribution in [2.24, 2.45) is 11.8 Å². The van der Waals surface area contributed by atoms with Crippen LogP contribution in [0.25, 0.3) is 10.8 Å². The smallest absolute Gasteiger partial charge is 0.253 e. The van der Waals surface area contributed by atoms with Crippen LogP contribution in [-0.2, 0) is 19.1 Å². The summed E-state index contributed by atoms with van der Waals surface area (Å²) in [6.45, 7) is 9.89. The van der Waals surface area contributed by atoms with Crippen LogP contribution < -0.4 is 9.80 Å². The van der Waals surface area contributed by atoms with E-state index in [1.807, 2.05) is 110 Å². The van der Waals surface area contributed by atoms with E-state index in [1.54, 1.807) is 22.0 Å². The third-order valence-electron chi connectivity index (χ3n) is 11.1. The lowest BCUT2D eigenvalue weighted by atomic mass is 9.64. The van der Waals surface area contributed by atoms with E-state index in [4.69, 9.17) is 4.74 Å². The quantitative estimate of drug-likeness (QED) is 0.175. The van der Waals surface area contributed by atoms with Gasteiger partial charge in [0.25, 0.3) is 5.91 Å². The van der Waals surface area contributed by atoms with Crippen molar-refractivity contribution in [3.05, 3.63) is 134 Å². The van der Waals surface area contributed by atoms with Gasteiger partial charge in [-0.05, 0) is 59.9 Å². The van der Waals surface area contributed by atoms with Crippen LogP contribution in [0.3, 0.4) is 0 Å². The third-order valence-corrected chi connectivity index (χ3v) is 11.1. The molecule has 50 heavy (non-hydrogen) atoms. The molecule has 256 valence electrons. The number of para-hydroxylation sites is 1. The highest BCUT2D eigenvalue weighted by Crippen LogP contribution is 2.65. The molecular weight excluding hydrogens is 626 g/mol. The molecule has 0 saturated carbocycles. The van der Waals surface area contributed by atoms with Crippen LogP contribution >= 0.6 is 0 Å². The topological polar surface area (TPSA) is 90.4 Å².